The molecule has 0 aromatic carbocycles. The van der Waals surface area contributed by atoms with Crippen LogP contribution in [0.5, 0.6) is 0 Å². The minimum absolute atomic E-state index is 0.105. The molecule has 6 rings (SSSR count). The molecule has 178 valence electrons. The van der Waals surface area contributed by atoms with Crippen LogP contribution in [0.4, 0.5) is 26.2 Å². The van der Waals surface area contributed by atoms with E-state index in [1.54, 1.807) is 18.5 Å². The number of nitrogens with zero attached hydrogens (tertiary/aromatic N) is 6. The number of fused-ring (bicyclic) bond motifs is 1. The molecule has 1 aliphatic carbocycles. The van der Waals surface area contributed by atoms with Crippen LogP contribution in [-0.4, -0.2) is 51.1 Å². The van der Waals surface area contributed by atoms with E-state index >= 15 is 0 Å². The minimum atomic E-state index is -0.797. The third-order valence-electron chi connectivity index (χ3n) is 6.65. The second-order valence-corrected chi connectivity index (χ2v) is 8.90. The SMILES string of the molecule is Fc1cnc(Nc2cc(-c3nc(N4CCNCC4)c4c(C5CCC5)cncc4n3)ccn2)c(F)c1. The van der Waals surface area contributed by atoms with Gasteiger partial charge in [-0.25, -0.2) is 28.7 Å². The average Bonchev–Trinajstić information content (AvgIpc) is 2.85. The molecule has 0 bridgehead atoms. The smallest absolute Gasteiger partial charge is 0.168 e. The zero-order valence-corrected chi connectivity index (χ0v) is 19.0. The van der Waals surface area contributed by atoms with E-state index in [0.717, 1.165) is 73.6 Å². The number of rotatable bonds is 5. The fraction of sp³-hybridized carbons (Fsp3) is 0.320. The molecule has 4 aromatic heterocycles. The molecule has 0 radical (unpaired) electrons. The lowest BCUT2D eigenvalue weighted by Gasteiger charge is -2.32. The Morgan fingerprint density at radius 2 is 1.86 bits per heavy atom. The van der Waals surface area contributed by atoms with E-state index < -0.39 is 11.6 Å². The summed E-state index contributed by atoms with van der Waals surface area (Å²) in [5.74, 6) is 0.673. The summed E-state index contributed by atoms with van der Waals surface area (Å²) >= 11 is 0. The number of aromatic nitrogens is 5. The summed E-state index contributed by atoms with van der Waals surface area (Å²) in [6.45, 7) is 3.50. The van der Waals surface area contributed by atoms with Gasteiger partial charge in [0.05, 0.1) is 17.9 Å². The first-order valence-electron chi connectivity index (χ1n) is 11.8. The molecule has 0 unspecified atom stereocenters. The molecule has 2 N–H and O–H groups in total. The topological polar surface area (TPSA) is 91.8 Å². The van der Waals surface area contributed by atoms with Gasteiger partial charge in [0.25, 0.3) is 0 Å². The third-order valence-corrected chi connectivity index (χ3v) is 6.65. The molecule has 35 heavy (non-hydrogen) atoms. The molecular formula is C25H24F2N8. The van der Waals surface area contributed by atoms with Gasteiger partial charge in [0.1, 0.15) is 17.5 Å². The lowest BCUT2D eigenvalue weighted by molar-refractivity contribution is 0.421. The van der Waals surface area contributed by atoms with E-state index in [1.807, 2.05) is 12.3 Å². The largest absolute Gasteiger partial charge is 0.353 e. The number of piperazine rings is 1. The van der Waals surface area contributed by atoms with Gasteiger partial charge < -0.3 is 15.5 Å². The number of pyridine rings is 3. The first-order valence-corrected chi connectivity index (χ1v) is 11.8. The van der Waals surface area contributed by atoms with Crippen LogP contribution >= 0.6 is 0 Å². The fourth-order valence-corrected chi connectivity index (χ4v) is 4.62. The first-order chi connectivity index (χ1) is 17.2. The standard InChI is InChI=1S/C25H24F2N8/c26-17-11-19(27)24(31-12-17)33-21-10-16(4-5-30-21)23-32-20-14-29-13-18(15-2-1-3-15)22(20)25(34-23)35-8-6-28-7-9-35/h4-5,10-15,28H,1-3,6-9H2,(H,30,31,33). The number of halogens is 2. The van der Waals surface area contributed by atoms with Gasteiger partial charge in [-0.2, -0.15) is 0 Å². The Labute approximate surface area is 200 Å². The maximum absolute atomic E-state index is 14.1. The van der Waals surface area contributed by atoms with Crippen molar-refractivity contribution in [2.75, 3.05) is 36.4 Å². The van der Waals surface area contributed by atoms with E-state index in [-0.39, 0.29) is 5.82 Å². The summed E-state index contributed by atoms with van der Waals surface area (Å²) in [5.41, 5.74) is 2.76. The molecule has 0 amide bonds. The Bertz CT molecular complexity index is 1390. The van der Waals surface area contributed by atoms with Gasteiger partial charge in [0, 0.05) is 55.6 Å². The molecule has 1 saturated carbocycles. The third kappa shape index (κ3) is 4.25. The monoisotopic (exact) mass is 474 g/mol. The minimum Gasteiger partial charge on any atom is -0.353 e. The molecule has 2 fully saturated rings. The summed E-state index contributed by atoms with van der Waals surface area (Å²) in [6.07, 6.45) is 9.88. The average molecular weight is 475 g/mol. The Morgan fingerprint density at radius 3 is 2.63 bits per heavy atom. The van der Waals surface area contributed by atoms with E-state index in [1.165, 1.54) is 12.0 Å². The summed E-state index contributed by atoms with van der Waals surface area (Å²) in [7, 11) is 0. The van der Waals surface area contributed by atoms with Crippen molar-refractivity contribution in [3.8, 4) is 11.4 Å². The van der Waals surface area contributed by atoms with Crippen molar-refractivity contribution >= 4 is 28.4 Å². The second kappa shape index (κ2) is 9.10. The maximum Gasteiger partial charge on any atom is 0.168 e. The van der Waals surface area contributed by atoms with Gasteiger partial charge >= 0.3 is 0 Å². The van der Waals surface area contributed by atoms with Crippen LogP contribution in [0.25, 0.3) is 22.3 Å². The predicted molar refractivity (Wildman–Crippen MR) is 130 cm³/mol. The predicted octanol–water partition coefficient (Wildman–Crippen LogP) is 4.18. The van der Waals surface area contributed by atoms with Gasteiger partial charge in [-0.15, -0.1) is 0 Å². The normalized spacial score (nSPS) is 16.3. The van der Waals surface area contributed by atoms with Crippen LogP contribution < -0.4 is 15.5 Å². The molecule has 4 aromatic rings. The zero-order chi connectivity index (χ0) is 23.8. The van der Waals surface area contributed by atoms with E-state index in [9.17, 15) is 8.78 Å². The van der Waals surface area contributed by atoms with Crippen LogP contribution in [-0.2, 0) is 0 Å². The molecule has 1 aliphatic heterocycles. The number of nitrogens with one attached hydrogen (secondary N) is 2. The second-order valence-electron chi connectivity index (χ2n) is 8.90. The van der Waals surface area contributed by atoms with Crippen LogP contribution in [0, 0.1) is 11.6 Å². The van der Waals surface area contributed by atoms with Crippen molar-refractivity contribution in [3.05, 3.63) is 60.2 Å². The Morgan fingerprint density at radius 1 is 1.00 bits per heavy atom. The van der Waals surface area contributed by atoms with E-state index in [2.05, 4.69) is 30.5 Å². The Kier molecular flexibility index (Phi) is 5.65. The van der Waals surface area contributed by atoms with Gasteiger partial charge in [-0.1, -0.05) is 6.42 Å². The summed E-state index contributed by atoms with van der Waals surface area (Å²) in [5, 5.41) is 7.30. The molecule has 5 heterocycles. The highest BCUT2D eigenvalue weighted by atomic mass is 19.1. The fourth-order valence-electron chi connectivity index (χ4n) is 4.62. The van der Waals surface area contributed by atoms with Crippen LogP contribution in [0.2, 0.25) is 0 Å². The van der Waals surface area contributed by atoms with Gasteiger partial charge in [0.15, 0.2) is 17.5 Å². The molecule has 2 aliphatic rings. The van der Waals surface area contributed by atoms with Crippen LogP contribution in [0.15, 0.2) is 43.0 Å². The molecule has 0 atom stereocenters. The van der Waals surface area contributed by atoms with Crippen LogP contribution in [0.3, 0.4) is 0 Å². The Hall–Kier alpha value is -3.79. The summed E-state index contributed by atoms with van der Waals surface area (Å²) in [6, 6.07) is 4.32. The summed E-state index contributed by atoms with van der Waals surface area (Å²) in [4.78, 5) is 24.8. The molecule has 1 saturated heterocycles. The van der Waals surface area contributed by atoms with Gasteiger partial charge in [-0.05, 0) is 36.5 Å². The van der Waals surface area contributed by atoms with Crippen molar-refractivity contribution in [1.29, 1.82) is 0 Å². The van der Waals surface area contributed by atoms with Crippen molar-refractivity contribution in [2.24, 2.45) is 0 Å². The highest BCUT2D eigenvalue weighted by Gasteiger charge is 2.26. The van der Waals surface area contributed by atoms with E-state index in [4.69, 9.17) is 9.97 Å². The lowest BCUT2D eigenvalue weighted by Crippen LogP contribution is -2.44. The van der Waals surface area contributed by atoms with E-state index in [0.29, 0.717) is 17.6 Å². The number of hydrogen-bond donors (Lipinski definition) is 2. The van der Waals surface area contributed by atoms with Gasteiger partial charge in [-0.3, -0.25) is 4.98 Å². The highest BCUT2D eigenvalue weighted by Crippen LogP contribution is 2.42. The zero-order valence-electron chi connectivity index (χ0n) is 19.0. The number of hydrogen-bond acceptors (Lipinski definition) is 8. The van der Waals surface area contributed by atoms with Crippen LogP contribution in [0.1, 0.15) is 30.7 Å². The van der Waals surface area contributed by atoms with Crippen molar-refractivity contribution < 1.29 is 8.78 Å². The van der Waals surface area contributed by atoms with Gasteiger partial charge in [0.2, 0.25) is 0 Å². The van der Waals surface area contributed by atoms with Crippen molar-refractivity contribution in [1.82, 2.24) is 30.2 Å². The van der Waals surface area contributed by atoms with Crippen molar-refractivity contribution in [3.63, 3.8) is 0 Å². The maximum atomic E-state index is 14.1. The summed E-state index contributed by atoms with van der Waals surface area (Å²) < 4.78 is 27.3. The molecule has 8 nitrogen and oxygen atoms in total. The van der Waals surface area contributed by atoms with Crippen molar-refractivity contribution in [2.45, 2.75) is 25.2 Å². The molecule has 10 heteroatoms. The molecule has 0 spiro atoms. The number of anilines is 3. The first kappa shape index (κ1) is 21.7. The quantitative estimate of drug-likeness (QED) is 0.445. The lowest BCUT2D eigenvalue weighted by atomic mass is 9.79. The Balaban J connectivity index is 1.43. The highest BCUT2D eigenvalue weighted by molar-refractivity contribution is 5.94. The molecular weight excluding hydrogens is 450 g/mol.